The first-order valence-electron chi connectivity index (χ1n) is 8.22. The first kappa shape index (κ1) is 20.8. The van der Waals surface area contributed by atoms with Crippen molar-refractivity contribution >= 4 is 34.7 Å². The number of carbonyl (C=O) groups excluding carboxylic acids is 1. The maximum absolute atomic E-state index is 12.6. The van der Waals surface area contributed by atoms with Crippen LogP contribution in [-0.4, -0.2) is 29.4 Å². The Balaban J connectivity index is 2.69. The first-order chi connectivity index (χ1) is 13.5. The summed E-state index contributed by atoms with van der Waals surface area (Å²) in [5, 5.41) is 19.0. The van der Waals surface area contributed by atoms with Crippen molar-refractivity contribution in [1.82, 2.24) is 4.57 Å². The molecule has 1 heterocycles. The molecule has 0 aliphatic rings. The van der Waals surface area contributed by atoms with Gasteiger partial charge < -0.3 is 14.6 Å². The topological polar surface area (TPSA) is 102 Å². The van der Waals surface area contributed by atoms with Crippen LogP contribution in [0.5, 0.6) is 11.5 Å². The van der Waals surface area contributed by atoms with Crippen molar-refractivity contribution in [3.63, 3.8) is 0 Å². The second-order valence-corrected chi connectivity index (χ2v) is 6.38. The lowest BCUT2D eigenvalue weighted by Crippen LogP contribution is -2.32. The van der Waals surface area contributed by atoms with Gasteiger partial charge in [-0.25, -0.2) is 4.79 Å². The lowest BCUT2D eigenvalue weighted by Gasteiger charge is -2.02. The highest BCUT2D eigenvalue weighted by atomic mass is 32.1. The van der Waals surface area contributed by atoms with E-state index in [-0.39, 0.29) is 39.2 Å². The Labute approximate surface area is 165 Å². The molecule has 2 rings (SSSR count). The Hall–Kier alpha value is -3.53. The van der Waals surface area contributed by atoms with Crippen molar-refractivity contribution in [2.24, 2.45) is 0 Å². The van der Waals surface area contributed by atoms with Crippen molar-refractivity contribution < 1.29 is 19.4 Å². The number of esters is 1. The van der Waals surface area contributed by atoms with Crippen molar-refractivity contribution in [2.45, 2.75) is 13.5 Å². The van der Waals surface area contributed by atoms with Crippen molar-refractivity contribution in [2.75, 3.05) is 13.7 Å². The minimum atomic E-state index is -0.815. The number of nitrogens with zero attached hydrogens (tertiary/aromatic N) is 2. The molecule has 0 unspecified atom stereocenters. The number of hydrogen-bond donors (Lipinski definition) is 1. The molecule has 0 fully saturated rings. The average molecular weight is 398 g/mol. The molecule has 0 spiro atoms. The van der Waals surface area contributed by atoms with E-state index in [2.05, 4.69) is 12.3 Å². The normalized spacial score (nSPS) is 11.0. The van der Waals surface area contributed by atoms with Crippen LogP contribution in [0.25, 0.3) is 17.4 Å². The maximum atomic E-state index is 12.6. The van der Waals surface area contributed by atoms with Crippen LogP contribution >= 0.6 is 11.3 Å². The molecule has 0 aliphatic carbocycles. The lowest BCUT2D eigenvalue weighted by atomic mass is 10.2. The first-order valence-corrected chi connectivity index (χ1v) is 9.04. The second-order valence-electron chi connectivity index (χ2n) is 5.38. The van der Waals surface area contributed by atoms with Crippen LogP contribution in [0.2, 0.25) is 0 Å². The Morgan fingerprint density at radius 2 is 2.21 bits per heavy atom. The largest absolute Gasteiger partial charge is 0.504 e. The van der Waals surface area contributed by atoms with E-state index in [1.54, 1.807) is 25.1 Å². The SMILES string of the molecule is C=CCOC(=O)/C(C#N)=c1\sc(=C=Cc2ccc(O)c(OC)c2)c(=O)n1CC. The summed E-state index contributed by atoms with van der Waals surface area (Å²) in [6.07, 6.45) is 2.95. The van der Waals surface area contributed by atoms with Crippen LogP contribution in [-0.2, 0) is 16.1 Å². The standard InChI is InChI=1S/C20H18N2O5S/c1-4-10-27-20(25)14(12-21)19-22(5-2)18(24)17(28-19)9-7-13-6-8-15(23)16(11-13)26-3/h4,6-8,11,23H,1,5,10H2,2-3H3/b19-14-. The molecule has 28 heavy (non-hydrogen) atoms. The van der Waals surface area contributed by atoms with Crippen LogP contribution in [0, 0.1) is 11.3 Å². The van der Waals surface area contributed by atoms with Crippen LogP contribution in [0.4, 0.5) is 0 Å². The lowest BCUT2D eigenvalue weighted by molar-refractivity contribution is -0.135. The van der Waals surface area contributed by atoms with Crippen molar-refractivity contribution in [3.05, 3.63) is 56.0 Å². The molecule has 0 saturated heterocycles. The number of carbonyl (C=O) groups is 1. The molecule has 1 aromatic heterocycles. The highest BCUT2D eigenvalue weighted by molar-refractivity contribution is 7.07. The molecular weight excluding hydrogens is 380 g/mol. The zero-order valence-electron chi connectivity index (χ0n) is 15.4. The average Bonchev–Trinajstić information content (AvgIpc) is 3.01. The number of rotatable bonds is 6. The Kier molecular flexibility index (Phi) is 6.99. The number of aromatic nitrogens is 1. The number of thiazole rings is 1. The molecular formula is C20H18N2O5S. The quantitative estimate of drug-likeness (QED) is 0.578. The number of phenols is 1. The number of methoxy groups -OCH3 is 1. The fourth-order valence-electron chi connectivity index (χ4n) is 2.30. The monoisotopic (exact) mass is 398 g/mol. The minimum Gasteiger partial charge on any atom is -0.504 e. The van der Waals surface area contributed by atoms with E-state index in [0.29, 0.717) is 11.3 Å². The summed E-state index contributed by atoms with van der Waals surface area (Å²) >= 11 is 0.979. The zero-order chi connectivity index (χ0) is 20.7. The molecule has 0 bridgehead atoms. The number of hydrogen-bond acceptors (Lipinski definition) is 7. The van der Waals surface area contributed by atoms with Gasteiger partial charge in [0.15, 0.2) is 17.1 Å². The second kappa shape index (κ2) is 9.42. The third-order valence-corrected chi connectivity index (χ3v) is 4.75. The summed E-state index contributed by atoms with van der Waals surface area (Å²) in [5.41, 5.74) is 2.93. The van der Waals surface area contributed by atoms with Crippen LogP contribution in [0.3, 0.4) is 0 Å². The van der Waals surface area contributed by atoms with Gasteiger partial charge in [-0.15, -0.1) is 11.3 Å². The molecule has 0 radical (unpaired) electrons. The Morgan fingerprint density at radius 3 is 2.82 bits per heavy atom. The zero-order valence-corrected chi connectivity index (χ0v) is 16.2. The summed E-state index contributed by atoms with van der Waals surface area (Å²) in [6.45, 7) is 5.43. The van der Waals surface area contributed by atoms with E-state index in [4.69, 9.17) is 9.47 Å². The highest BCUT2D eigenvalue weighted by Gasteiger charge is 2.16. The van der Waals surface area contributed by atoms with Gasteiger partial charge in [0, 0.05) is 6.54 Å². The van der Waals surface area contributed by atoms with Gasteiger partial charge in [-0.3, -0.25) is 9.36 Å². The summed E-state index contributed by atoms with van der Waals surface area (Å²) in [6, 6.07) is 6.51. The molecule has 144 valence electrons. The molecule has 1 N–H and O–H groups in total. The molecule has 8 heteroatoms. The fourth-order valence-corrected chi connectivity index (χ4v) is 3.36. The Morgan fingerprint density at radius 1 is 1.46 bits per heavy atom. The summed E-state index contributed by atoms with van der Waals surface area (Å²) in [7, 11) is 1.43. The van der Waals surface area contributed by atoms with Crippen LogP contribution < -0.4 is 19.5 Å². The van der Waals surface area contributed by atoms with E-state index >= 15 is 0 Å². The molecule has 2 aromatic rings. The maximum Gasteiger partial charge on any atom is 0.352 e. The smallest absolute Gasteiger partial charge is 0.352 e. The summed E-state index contributed by atoms with van der Waals surface area (Å²) < 4.78 is 11.7. The minimum absolute atomic E-state index is 0.00213. The number of phenolic OH excluding ortho intramolecular Hbond substituents is 1. The van der Waals surface area contributed by atoms with Crippen LogP contribution in [0.1, 0.15) is 12.5 Å². The van der Waals surface area contributed by atoms with Crippen molar-refractivity contribution in [3.8, 4) is 17.6 Å². The van der Waals surface area contributed by atoms with Gasteiger partial charge in [-0.1, -0.05) is 24.5 Å². The third kappa shape index (κ3) is 4.41. The predicted molar refractivity (Wildman–Crippen MR) is 106 cm³/mol. The predicted octanol–water partition coefficient (Wildman–Crippen LogP) is 1.14. The van der Waals surface area contributed by atoms with Gasteiger partial charge in [-0.05, 0) is 30.7 Å². The van der Waals surface area contributed by atoms with Gasteiger partial charge in [0.25, 0.3) is 5.56 Å². The molecule has 0 amide bonds. The molecule has 0 saturated carbocycles. The van der Waals surface area contributed by atoms with E-state index in [1.807, 2.05) is 6.07 Å². The molecule has 0 aliphatic heterocycles. The third-order valence-electron chi connectivity index (χ3n) is 3.64. The Bertz CT molecular complexity index is 1160. The van der Waals surface area contributed by atoms with E-state index in [1.165, 1.54) is 23.8 Å². The van der Waals surface area contributed by atoms with Crippen molar-refractivity contribution in [1.29, 1.82) is 5.26 Å². The van der Waals surface area contributed by atoms with E-state index < -0.39 is 5.97 Å². The van der Waals surface area contributed by atoms with E-state index in [0.717, 1.165) is 11.3 Å². The number of ether oxygens (including phenoxy) is 2. The fraction of sp³-hybridized carbons (Fsp3) is 0.200. The van der Waals surface area contributed by atoms with Gasteiger partial charge in [0.05, 0.1) is 7.11 Å². The summed E-state index contributed by atoms with van der Waals surface area (Å²) in [4.78, 5) is 24.7. The van der Waals surface area contributed by atoms with Gasteiger partial charge in [-0.2, -0.15) is 5.26 Å². The molecule has 1 aromatic carbocycles. The number of nitriles is 1. The molecule has 7 nitrogen and oxygen atoms in total. The number of benzene rings is 1. The van der Waals surface area contributed by atoms with Gasteiger partial charge in [0.2, 0.25) is 0 Å². The van der Waals surface area contributed by atoms with Crippen LogP contribution in [0.15, 0.2) is 35.6 Å². The number of aromatic hydroxyl groups is 1. The molecule has 0 atom stereocenters. The van der Waals surface area contributed by atoms with Gasteiger partial charge >= 0.3 is 5.97 Å². The van der Waals surface area contributed by atoms with Gasteiger partial charge in [0.1, 0.15) is 21.9 Å². The summed E-state index contributed by atoms with van der Waals surface area (Å²) in [5.74, 6) is -0.527. The van der Waals surface area contributed by atoms with E-state index in [9.17, 15) is 20.0 Å². The highest BCUT2D eigenvalue weighted by Crippen LogP contribution is 2.26.